The van der Waals surface area contributed by atoms with Gasteiger partial charge in [-0.2, -0.15) is 5.10 Å². The summed E-state index contributed by atoms with van der Waals surface area (Å²) in [5.41, 5.74) is 8.06. The molecular formula is C21H30N4O3. The maximum Gasteiger partial charge on any atom is 0.306 e. The second-order valence-electron chi connectivity index (χ2n) is 9.02. The third kappa shape index (κ3) is 4.14. The van der Waals surface area contributed by atoms with E-state index in [4.69, 9.17) is 15.2 Å². The highest BCUT2D eigenvalue weighted by atomic mass is 16.6. The van der Waals surface area contributed by atoms with Gasteiger partial charge in [-0.15, -0.1) is 0 Å². The molecule has 2 unspecified atom stereocenters. The van der Waals surface area contributed by atoms with Crippen LogP contribution in [0.25, 0.3) is 5.52 Å². The van der Waals surface area contributed by atoms with E-state index in [1.54, 1.807) is 4.52 Å². The molecule has 0 amide bonds. The molecule has 0 radical (unpaired) electrons. The van der Waals surface area contributed by atoms with Gasteiger partial charge in [0.15, 0.2) is 5.82 Å². The minimum Gasteiger partial charge on any atom is -0.463 e. The Morgan fingerprint density at radius 2 is 2.07 bits per heavy atom. The Balaban J connectivity index is 1.26. The van der Waals surface area contributed by atoms with E-state index >= 15 is 0 Å². The highest BCUT2D eigenvalue weighted by molar-refractivity contribution is 5.69. The van der Waals surface area contributed by atoms with Crippen LogP contribution in [-0.2, 0) is 14.3 Å². The molecule has 7 nitrogen and oxygen atoms in total. The fourth-order valence-corrected chi connectivity index (χ4v) is 4.41. The minimum absolute atomic E-state index is 0.0658. The number of hydrogen-bond donors (Lipinski definition) is 1. The molecule has 1 aliphatic carbocycles. The second-order valence-corrected chi connectivity index (χ2v) is 9.02. The summed E-state index contributed by atoms with van der Waals surface area (Å²) in [6.07, 6.45) is 8.21. The number of nitrogens with zero attached hydrogens (tertiary/aromatic N) is 3. The van der Waals surface area contributed by atoms with E-state index < -0.39 is 0 Å². The SMILES string of the molecule is CC1(C)CCC(CC(=O)OCC2CCC(c3ccc4c(N)ncnn34)O2)CC1. The molecule has 2 atom stereocenters. The highest BCUT2D eigenvalue weighted by Crippen LogP contribution is 2.39. The Morgan fingerprint density at radius 1 is 1.29 bits per heavy atom. The number of esters is 1. The van der Waals surface area contributed by atoms with Crippen LogP contribution in [0.1, 0.15) is 70.6 Å². The van der Waals surface area contributed by atoms with Gasteiger partial charge < -0.3 is 15.2 Å². The Hall–Kier alpha value is -2.15. The first-order valence-corrected chi connectivity index (χ1v) is 10.3. The number of nitrogens with two attached hydrogens (primary N) is 1. The van der Waals surface area contributed by atoms with E-state index in [1.807, 2.05) is 12.1 Å². The molecule has 3 heterocycles. The topological polar surface area (TPSA) is 91.7 Å². The van der Waals surface area contributed by atoms with Gasteiger partial charge in [-0.25, -0.2) is 9.50 Å². The molecule has 2 fully saturated rings. The van der Waals surface area contributed by atoms with E-state index in [-0.39, 0.29) is 18.2 Å². The number of rotatable bonds is 5. The maximum absolute atomic E-state index is 12.2. The molecule has 2 N–H and O–H groups in total. The van der Waals surface area contributed by atoms with Crippen LogP contribution >= 0.6 is 0 Å². The van der Waals surface area contributed by atoms with Gasteiger partial charge in [-0.3, -0.25) is 4.79 Å². The monoisotopic (exact) mass is 386 g/mol. The number of aromatic nitrogens is 3. The number of nitrogen functional groups attached to an aromatic ring is 1. The van der Waals surface area contributed by atoms with Crippen molar-refractivity contribution in [3.63, 3.8) is 0 Å². The molecule has 1 aliphatic heterocycles. The van der Waals surface area contributed by atoms with Crippen LogP contribution in [0.15, 0.2) is 18.5 Å². The van der Waals surface area contributed by atoms with Crippen molar-refractivity contribution in [1.29, 1.82) is 0 Å². The summed E-state index contributed by atoms with van der Waals surface area (Å²) in [5, 5.41) is 4.28. The van der Waals surface area contributed by atoms with E-state index in [1.165, 1.54) is 19.2 Å². The van der Waals surface area contributed by atoms with E-state index in [2.05, 4.69) is 23.9 Å². The van der Waals surface area contributed by atoms with E-state index in [0.29, 0.717) is 30.2 Å². The van der Waals surface area contributed by atoms with Gasteiger partial charge in [-0.1, -0.05) is 13.8 Å². The second kappa shape index (κ2) is 7.70. The number of fused-ring (bicyclic) bond motifs is 1. The van der Waals surface area contributed by atoms with E-state index in [9.17, 15) is 4.79 Å². The molecule has 7 heteroatoms. The first-order chi connectivity index (χ1) is 13.4. The summed E-state index contributed by atoms with van der Waals surface area (Å²) >= 11 is 0. The highest BCUT2D eigenvalue weighted by Gasteiger charge is 2.31. The zero-order chi connectivity index (χ0) is 19.7. The average molecular weight is 386 g/mol. The van der Waals surface area contributed by atoms with Gasteiger partial charge in [0, 0.05) is 6.42 Å². The largest absolute Gasteiger partial charge is 0.463 e. The number of carbonyl (C=O) groups is 1. The van der Waals surface area contributed by atoms with Gasteiger partial charge in [0.25, 0.3) is 0 Å². The molecule has 2 aromatic heterocycles. The molecule has 0 bridgehead atoms. The standard InChI is InChI=1S/C21H30N4O3/c1-21(2)9-7-14(8-10-21)11-19(26)27-12-15-3-6-18(28-15)16-4-5-17-20(22)23-13-24-25(16)17/h4-5,13-15,18H,3,6-12H2,1-2H3,(H2,22,23,24). The number of hydrogen-bond acceptors (Lipinski definition) is 6. The molecule has 0 spiro atoms. The van der Waals surface area contributed by atoms with Crippen molar-refractivity contribution in [2.45, 2.75) is 71.0 Å². The first-order valence-electron chi connectivity index (χ1n) is 10.3. The van der Waals surface area contributed by atoms with Crippen LogP contribution in [0.2, 0.25) is 0 Å². The van der Waals surface area contributed by atoms with Gasteiger partial charge in [0.05, 0.1) is 11.8 Å². The van der Waals surface area contributed by atoms with E-state index in [0.717, 1.165) is 36.9 Å². The Bertz CT molecular complexity index is 837. The molecule has 1 saturated heterocycles. The van der Waals surface area contributed by atoms with Crippen molar-refractivity contribution < 1.29 is 14.3 Å². The lowest BCUT2D eigenvalue weighted by Crippen LogP contribution is -2.25. The minimum atomic E-state index is -0.0922. The van der Waals surface area contributed by atoms with Crippen molar-refractivity contribution in [2.24, 2.45) is 11.3 Å². The normalized spacial score (nSPS) is 25.2. The van der Waals surface area contributed by atoms with Gasteiger partial charge in [0.1, 0.15) is 24.6 Å². The number of ether oxygens (including phenoxy) is 2. The Kier molecular flexibility index (Phi) is 5.27. The lowest BCUT2D eigenvalue weighted by molar-refractivity contribution is -0.149. The lowest BCUT2D eigenvalue weighted by Gasteiger charge is -2.33. The first kappa shape index (κ1) is 19.2. The molecule has 152 valence electrons. The summed E-state index contributed by atoms with van der Waals surface area (Å²) in [4.78, 5) is 16.3. The van der Waals surface area contributed by atoms with Crippen molar-refractivity contribution in [2.75, 3.05) is 12.3 Å². The fourth-order valence-electron chi connectivity index (χ4n) is 4.41. The van der Waals surface area contributed by atoms with Crippen molar-refractivity contribution in [1.82, 2.24) is 14.6 Å². The molecule has 28 heavy (non-hydrogen) atoms. The molecule has 0 aromatic carbocycles. The maximum atomic E-state index is 12.2. The fraction of sp³-hybridized carbons (Fsp3) is 0.667. The van der Waals surface area contributed by atoms with Crippen molar-refractivity contribution >= 4 is 17.3 Å². The average Bonchev–Trinajstić information content (AvgIpc) is 3.29. The van der Waals surface area contributed by atoms with Crippen molar-refractivity contribution in [3.8, 4) is 0 Å². The molecule has 4 rings (SSSR count). The zero-order valence-electron chi connectivity index (χ0n) is 16.8. The predicted molar refractivity (Wildman–Crippen MR) is 106 cm³/mol. The summed E-state index contributed by atoms with van der Waals surface area (Å²) in [5.74, 6) is 0.830. The molecular weight excluding hydrogens is 356 g/mol. The summed E-state index contributed by atoms with van der Waals surface area (Å²) in [7, 11) is 0. The quantitative estimate of drug-likeness (QED) is 0.788. The molecule has 2 aliphatic rings. The Labute approximate surface area is 165 Å². The van der Waals surface area contributed by atoms with Crippen LogP contribution in [0.3, 0.4) is 0 Å². The lowest BCUT2D eigenvalue weighted by atomic mass is 9.72. The molecule has 1 saturated carbocycles. The third-order valence-corrected chi connectivity index (χ3v) is 6.29. The summed E-state index contributed by atoms with van der Waals surface area (Å²) in [6, 6.07) is 3.89. The zero-order valence-corrected chi connectivity index (χ0v) is 16.8. The van der Waals surface area contributed by atoms with Crippen LogP contribution in [0, 0.1) is 11.3 Å². The van der Waals surface area contributed by atoms with Gasteiger partial charge >= 0.3 is 5.97 Å². The predicted octanol–water partition coefficient (Wildman–Crippen LogP) is 3.68. The summed E-state index contributed by atoms with van der Waals surface area (Å²) in [6.45, 7) is 4.95. The third-order valence-electron chi connectivity index (χ3n) is 6.29. The Morgan fingerprint density at radius 3 is 2.86 bits per heavy atom. The van der Waals surface area contributed by atoms with Crippen LogP contribution in [0.4, 0.5) is 5.82 Å². The smallest absolute Gasteiger partial charge is 0.306 e. The molecule has 2 aromatic rings. The number of anilines is 1. The van der Waals surface area contributed by atoms with Gasteiger partial charge in [-0.05, 0) is 62.0 Å². The number of carbonyl (C=O) groups excluding carboxylic acids is 1. The van der Waals surface area contributed by atoms with Crippen LogP contribution < -0.4 is 5.73 Å². The van der Waals surface area contributed by atoms with Gasteiger partial charge in [0.2, 0.25) is 0 Å². The van der Waals surface area contributed by atoms with Crippen LogP contribution in [-0.4, -0.2) is 33.3 Å². The van der Waals surface area contributed by atoms with Crippen LogP contribution in [0.5, 0.6) is 0 Å². The summed E-state index contributed by atoms with van der Waals surface area (Å²) < 4.78 is 13.4. The van der Waals surface area contributed by atoms with Crippen molar-refractivity contribution in [3.05, 3.63) is 24.2 Å².